The second kappa shape index (κ2) is 39.8. The number of hydrogen-bond donors (Lipinski definition) is 0. The molecule has 0 saturated carbocycles. The summed E-state index contributed by atoms with van der Waals surface area (Å²) in [5.41, 5.74) is 0. The number of halogens is 2. The van der Waals surface area contributed by atoms with Gasteiger partial charge < -0.3 is 30.3 Å². The third-order valence-corrected chi connectivity index (χ3v) is 3.33. The maximum Gasteiger partial charge on any atom is 0 e. The van der Waals surface area contributed by atoms with E-state index in [9.17, 15) is 0 Å². The maximum absolute atomic E-state index is 2.00. The standard InChI is InChI=1S/6C5H5.2BrH.3Fe/c6*1-2-4-5-3-1;;;;;/h6*1-5H;2*1H;;;/q-5;5*-1;;;;;. The zero-order valence-electron chi connectivity index (χ0n) is 19.2. The maximum atomic E-state index is 2.00. The van der Waals surface area contributed by atoms with Gasteiger partial charge in [-0.25, -0.2) is 60.7 Å². The Morgan fingerprint density at radius 1 is 0.229 bits per heavy atom. The van der Waals surface area contributed by atoms with Crippen LogP contribution < -0.4 is 0 Å². The van der Waals surface area contributed by atoms with Crippen molar-refractivity contribution in [2.75, 3.05) is 0 Å². The van der Waals surface area contributed by atoms with E-state index in [1.807, 2.05) is 182 Å². The second-order valence-corrected chi connectivity index (χ2v) is 5.77. The van der Waals surface area contributed by atoms with E-state index >= 15 is 0 Å². The van der Waals surface area contributed by atoms with Crippen LogP contribution >= 0.6 is 34.0 Å². The molecule has 200 valence electrons. The van der Waals surface area contributed by atoms with Crippen LogP contribution in [-0.2, 0) is 51.2 Å². The van der Waals surface area contributed by atoms with Crippen LogP contribution in [0.4, 0.5) is 0 Å². The second-order valence-electron chi connectivity index (χ2n) is 5.77. The van der Waals surface area contributed by atoms with Gasteiger partial charge in [-0.05, 0) is 0 Å². The molecule has 35 heavy (non-hydrogen) atoms. The summed E-state index contributed by atoms with van der Waals surface area (Å²) >= 11 is 0. The van der Waals surface area contributed by atoms with Crippen molar-refractivity contribution in [2.45, 2.75) is 0 Å². The van der Waals surface area contributed by atoms with Gasteiger partial charge in [0.15, 0.2) is 0 Å². The summed E-state index contributed by atoms with van der Waals surface area (Å²) in [7, 11) is 0. The van der Waals surface area contributed by atoms with Crippen LogP contribution in [0.2, 0.25) is 0 Å². The topological polar surface area (TPSA) is 0 Å². The fourth-order valence-electron chi connectivity index (χ4n) is 1.92. The first-order valence-electron chi connectivity index (χ1n) is 10.0. The van der Waals surface area contributed by atoms with E-state index in [1.54, 1.807) is 0 Å². The van der Waals surface area contributed by atoms with Gasteiger partial charge in [-0.1, -0.05) is 0 Å². The molecule has 0 spiro atoms. The molecule has 0 N–H and O–H groups in total. The zero-order chi connectivity index (χ0) is 21.2. The summed E-state index contributed by atoms with van der Waals surface area (Å²) in [5, 5.41) is 0. The summed E-state index contributed by atoms with van der Waals surface area (Å²) in [4.78, 5) is 0. The first kappa shape index (κ1) is 43.7. The van der Waals surface area contributed by atoms with Gasteiger partial charge in [0.25, 0.3) is 0 Å². The molecule has 0 aromatic heterocycles. The van der Waals surface area contributed by atoms with Crippen LogP contribution in [0.5, 0.6) is 0 Å². The van der Waals surface area contributed by atoms with E-state index in [0.29, 0.717) is 0 Å². The average Bonchev–Trinajstić information content (AvgIpc) is 3.69. The largest absolute Gasteiger partial charge is 0.748 e. The molecule has 5 heteroatoms. The van der Waals surface area contributed by atoms with E-state index in [-0.39, 0.29) is 85.2 Å². The molecule has 0 aliphatic carbocycles. The molecular formula is C30H32Br2Fe3-10. The predicted octanol–water partition coefficient (Wildman–Crippen LogP) is 9.58. The Balaban J connectivity index is -0.0000001000. The van der Waals surface area contributed by atoms with Crippen molar-refractivity contribution in [3.63, 3.8) is 0 Å². The van der Waals surface area contributed by atoms with Crippen LogP contribution in [0.15, 0.2) is 182 Å². The summed E-state index contributed by atoms with van der Waals surface area (Å²) < 4.78 is 0. The van der Waals surface area contributed by atoms with Crippen LogP contribution in [0.3, 0.4) is 0 Å². The molecule has 0 aliphatic rings. The summed E-state index contributed by atoms with van der Waals surface area (Å²) in [6.07, 6.45) is 0. The van der Waals surface area contributed by atoms with Crippen LogP contribution in [0.25, 0.3) is 0 Å². The van der Waals surface area contributed by atoms with Gasteiger partial charge in [0.2, 0.25) is 0 Å². The van der Waals surface area contributed by atoms with Gasteiger partial charge in [-0.2, -0.15) is 91.0 Å². The van der Waals surface area contributed by atoms with Gasteiger partial charge >= 0.3 is 0 Å². The molecule has 6 aromatic rings. The van der Waals surface area contributed by atoms with Crippen LogP contribution in [0, 0.1) is 0 Å². The first-order chi connectivity index (χ1) is 15.0. The van der Waals surface area contributed by atoms with Gasteiger partial charge in [0.1, 0.15) is 0 Å². The fourth-order valence-corrected chi connectivity index (χ4v) is 1.92. The number of hydrogen-bond acceptors (Lipinski definition) is 0. The summed E-state index contributed by atoms with van der Waals surface area (Å²) in [5.74, 6) is 0. The molecule has 6 aromatic carbocycles. The van der Waals surface area contributed by atoms with E-state index in [1.165, 1.54) is 0 Å². The average molecular weight is 720 g/mol. The molecule has 0 amide bonds. The van der Waals surface area contributed by atoms with E-state index in [0.717, 1.165) is 0 Å². The monoisotopic (exact) mass is 718 g/mol. The van der Waals surface area contributed by atoms with Crippen molar-refractivity contribution in [3.05, 3.63) is 182 Å². The molecule has 0 aliphatic heterocycles. The van der Waals surface area contributed by atoms with E-state index in [2.05, 4.69) is 0 Å². The molecule has 0 unspecified atom stereocenters. The fraction of sp³-hybridized carbons (Fsp3) is 0. The third-order valence-electron chi connectivity index (χ3n) is 3.33. The Morgan fingerprint density at radius 2 is 0.343 bits per heavy atom. The molecule has 0 fully saturated rings. The van der Waals surface area contributed by atoms with Crippen LogP contribution in [-0.4, -0.2) is 0 Å². The summed E-state index contributed by atoms with van der Waals surface area (Å²) in [6, 6.07) is 60.0. The molecule has 0 atom stereocenters. The van der Waals surface area contributed by atoms with Gasteiger partial charge in [0.05, 0.1) is 0 Å². The molecule has 0 radical (unpaired) electrons. The smallest absolute Gasteiger partial charge is 0 e. The Bertz CT molecular complexity index is 568. The molecule has 0 nitrogen and oxygen atoms in total. The quantitative estimate of drug-likeness (QED) is 0.108. The van der Waals surface area contributed by atoms with Gasteiger partial charge in [-0.15, -0.1) is 34.0 Å². The summed E-state index contributed by atoms with van der Waals surface area (Å²) in [6.45, 7) is 0. The van der Waals surface area contributed by atoms with Crippen molar-refractivity contribution in [1.29, 1.82) is 0 Å². The molecular weight excluding hydrogens is 688 g/mol. The van der Waals surface area contributed by atoms with Gasteiger partial charge in [0, 0.05) is 51.2 Å². The first-order valence-corrected chi connectivity index (χ1v) is 10.0. The van der Waals surface area contributed by atoms with E-state index in [4.69, 9.17) is 0 Å². The molecule has 0 heterocycles. The molecule has 0 bridgehead atoms. The van der Waals surface area contributed by atoms with Crippen molar-refractivity contribution < 1.29 is 51.2 Å². The van der Waals surface area contributed by atoms with Crippen molar-refractivity contribution >= 4 is 34.0 Å². The van der Waals surface area contributed by atoms with Crippen molar-refractivity contribution in [2.24, 2.45) is 0 Å². The van der Waals surface area contributed by atoms with Crippen molar-refractivity contribution in [1.82, 2.24) is 0 Å². The Hall–Kier alpha value is -1.38. The Morgan fingerprint density at radius 3 is 0.400 bits per heavy atom. The Labute approximate surface area is 264 Å². The normalized spacial score (nSPS) is 6.86. The molecule has 0 saturated heterocycles. The minimum absolute atomic E-state index is 0. The van der Waals surface area contributed by atoms with Crippen molar-refractivity contribution in [3.8, 4) is 0 Å². The minimum atomic E-state index is 0. The molecule has 6 rings (SSSR count). The third kappa shape index (κ3) is 37.3. The predicted molar refractivity (Wildman–Crippen MR) is 153 cm³/mol. The SMILES string of the molecule is Br.Br.[Fe].[Fe].[Fe].[cH-]1[cH-][cH-][cH-][cH-]1.c1cc[cH-]c1.c1cc[cH-]c1.c1cc[cH-]c1.c1cc[cH-]c1.c1cc[cH-]c1. The number of rotatable bonds is 0. The Kier molecular flexibility index (Phi) is 49.7. The van der Waals surface area contributed by atoms with E-state index < -0.39 is 0 Å². The minimum Gasteiger partial charge on any atom is -0.748 e. The van der Waals surface area contributed by atoms with Gasteiger partial charge in [-0.3, -0.25) is 0 Å². The zero-order valence-corrected chi connectivity index (χ0v) is 25.9. The van der Waals surface area contributed by atoms with Crippen LogP contribution in [0.1, 0.15) is 0 Å².